The maximum atomic E-state index is 5.94. The molecule has 2 aromatic heterocycles. The Bertz CT molecular complexity index is 1040. The van der Waals surface area contributed by atoms with E-state index in [4.69, 9.17) is 4.42 Å². The van der Waals surface area contributed by atoms with Gasteiger partial charge in [-0.15, -0.1) is 0 Å². The number of nitrogens with zero attached hydrogens (tertiary/aromatic N) is 1. The second-order valence-electron chi connectivity index (χ2n) is 7.21. The molecule has 2 heterocycles. The van der Waals surface area contributed by atoms with Crippen LogP contribution in [-0.2, 0) is 6.42 Å². The summed E-state index contributed by atoms with van der Waals surface area (Å²) < 4.78 is 5.94. The maximum Gasteiger partial charge on any atom is 0.135 e. The van der Waals surface area contributed by atoms with Crippen molar-refractivity contribution in [1.29, 1.82) is 0 Å². The zero-order valence-electron chi connectivity index (χ0n) is 14.2. The van der Waals surface area contributed by atoms with Crippen molar-refractivity contribution in [3.63, 3.8) is 0 Å². The van der Waals surface area contributed by atoms with Gasteiger partial charge in [-0.2, -0.15) is 0 Å². The van der Waals surface area contributed by atoms with Gasteiger partial charge in [-0.05, 0) is 54.3 Å². The van der Waals surface area contributed by atoms with Gasteiger partial charge in [0.15, 0.2) is 0 Å². The first kappa shape index (κ1) is 14.7. The van der Waals surface area contributed by atoms with Gasteiger partial charge in [-0.25, -0.2) is 0 Å². The van der Waals surface area contributed by atoms with E-state index in [9.17, 15) is 0 Å². The van der Waals surface area contributed by atoms with Gasteiger partial charge >= 0.3 is 0 Å². The molecule has 0 amide bonds. The van der Waals surface area contributed by atoms with Crippen molar-refractivity contribution in [3.05, 3.63) is 66.4 Å². The fraction of sp³-hybridized carbons (Fsp3) is 0.261. The molecule has 0 radical (unpaired) electrons. The number of benzene rings is 2. The SMILES string of the molecule is c1ccc2c(c1)oc1ccc(-c3cc(CC4CCCC4)ccn3)cc12. The summed E-state index contributed by atoms with van der Waals surface area (Å²) in [5, 5.41) is 2.33. The van der Waals surface area contributed by atoms with E-state index in [1.165, 1.54) is 43.1 Å². The van der Waals surface area contributed by atoms with Crippen molar-refractivity contribution < 1.29 is 4.42 Å². The highest BCUT2D eigenvalue weighted by molar-refractivity contribution is 6.06. The Kier molecular flexibility index (Phi) is 3.55. The topological polar surface area (TPSA) is 26.0 Å². The molecule has 1 aliphatic carbocycles. The third kappa shape index (κ3) is 2.72. The Balaban J connectivity index is 1.54. The third-order valence-electron chi connectivity index (χ3n) is 5.50. The number of hydrogen-bond donors (Lipinski definition) is 0. The van der Waals surface area contributed by atoms with Crippen molar-refractivity contribution >= 4 is 21.9 Å². The molecule has 0 saturated heterocycles. The Labute approximate surface area is 147 Å². The lowest BCUT2D eigenvalue weighted by atomic mass is 9.97. The number of hydrogen-bond acceptors (Lipinski definition) is 2. The third-order valence-corrected chi connectivity index (χ3v) is 5.50. The summed E-state index contributed by atoms with van der Waals surface area (Å²) in [6.07, 6.45) is 8.69. The van der Waals surface area contributed by atoms with E-state index >= 15 is 0 Å². The fourth-order valence-corrected chi connectivity index (χ4v) is 4.19. The monoisotopic (exact) mass is 327 g/mol. The van der Waals surface area contributed by atoms with Crippen LogP contribution in [0.3, 0.4) is 0 Å². The van der Waals surface area contributed by atoms with E-state index in [1.807, 2.05) is 18.3 Å². The molecule has 2 heteroatoms. The first-order valence-electron chi connectivity index (χ1n) is 9.23. The number of rotatable bonds is 3. The molecule has 124 valence electrons. The van der Waals surface area contributed by atoms with Gasteiger partial charge in [0.1, 0.15) is 11.2 Å². The number of aromatic nitrogens is 1. The zero-order chi connectivity index (χ0) is 16.6. The number of fused-ring (bicyclic) bond motifs is 3. The van der Waals surface area contributed by atoms with Crippen LogP contribution in [0.4, 0.5) is 0 Å². The van der Waals surface area contributed by atoms with Crippen LogP contribution in [0.1, 0.15) is 31.2 Å². The Hall–Kier alpha value is -2.61. The molecule has 4 aromatic rings. The molecule has 1 saturated carbocycles. The molecule has 0 N–H and O–H groups in total. The standard InChI is InChI=1S/C23H21NO/c1-2-6-16(5-1)13-17-11-12-24-21(14-17)18-9-10-23-20(15-18)19-7-3-4-8-22(19)25-23/h3-4,7-12,14-16H,1-2,5-6,13H2. The molecule has 0 bridgehead atoms. The fourth-order valence-electron chi connectivity index (χ4n) is 4.19. The van der Waals surface area contributed by atoms with Crippen molar-refractivity contribution in [2.45, 2.75) is 32.1 Å². The molecular formula is C23H21NO. The molecule has 1 fully saturated rings. The van der Waals surface area contributed by atoms with Gasteiger partial charge in [-0.1, -0.05) is 43.9 Å². The van der Waals surface area contributed by atoms with Crippen molar-refractivity contribution in [3.8, 4) is 11.3 Å². The molecule has 2 aromatic carbocycles. The van der Waals surface area contributed by atoms with Crippen LogP contribution in [-0.4, -0.2) is 4.98 Å². The minimum absolute atomic E-state index is 0.857. The summed E-state index contributed by atoms with van der Waals surface area (Å²) in [7, 11) is 0. The molecule has 0 aliphatic heterocycles. The largest absolute Gasteiger partial charge is 0.456 e. The smallest absolute Gasteiger partial charge is 0.135 e. The summed E-state index contributed by atoms with van der Waals surface area (Å²) in [4.78, 5) is 4.62. The molecule has 0 spiro atoms. The van der Waals surface area contributed by atoms with Gasteiger partial charge in [0.2, 0.25) is 0 Å². The summed E-state index contributed by atoms with van der Waals surface area (Å²) >= 11 is 0. The van der Waals surface area contributed by atoms with E-state index in [0.717, 1.165) is 33.7 Å². The first-order chi connectivity index (χ1) is 12.4. The lowest BCUT2D eigenvalue weighted by molar-refractivity contribution is 0.546. The van der Waals surface area contributed by atoms with E-state index < -0.39 is 0 Å². The van der Waals surface area contributed by atoms with Crippen LogP contribution in [0.2, 0.25) is 0 Å². The lowest BCUT2D eigenvalue weighted by Crippen LogP contribution is -1.99. The average Bonchev–Trinajstić information content (AvgIpc) is 3.29. The van der Waals surface area contributed by atoms with E-state index in [-0.39, 0.29) is 0 Å². The number of furan rings is 1. The van der Waals surface area contributed by atoms with E-state index in [0.29, 0.717) is 0 Å². The normalized spacial score (nSPS) is 15.4. The van der Waals surface area contributed by atoms with Gasteiger partial charge < -0.3 is 4.42 Å². The van der Waals surface area contributed by atoms with Crippen molar-refractivity contribution in [1.82, 2.24) is 4.98 Å². The van der Waals surface area contributed by atoms with Crippen LogP contribution in [0.15, 0.2) is 65.2 Å². The zero-order valence-corrected chi connectivity index (χ0v) is 14.2. The summed E-state index contributed by atoms with van der Waals surface area (Å²) in [6, 6.07) is 19.1. The van der Waals surface area contributed by atoms with Gasteiger partial charge in [0.25, 0.3) is 0 Å². The highest BCUT2D eigenvalue weighted by Gasteiger charge is 2.16. The van der Waals surface area contributed by atoms with Gasteiger partial charge in [0, 0.05) is 22.5 Å². The predicted octanol–water partition coefficient (Wildman–Crippen LogP) is 6.38. The molecule has 1 aliphatic rings. The average molecular weight is 327 g/mol. The van der Waals surface area contributed by atoms with Crippen LogP contribution in [0.5, 0.6) is 0 Å². The number of pyridine rings is 1. The molecule has 0 atom stereocenters. The van der Waals surface area contributed by atoms with Crippen molar-refractivity contribution in [2.24, 2.45) is 5.92 Å². The molecule has 2 nitrogen and oxygen atoms in total. The van der Waals surface area contributed by atoms with Gasteiger partial charge in [-0.3, -0.25) is 4.98 Å². The molecule has 5 rings (SSSR count). The second-order valence-corrected chi connectivity index (χ2v) is 7.21. The van der Waals surface area contributed by atoms with Crippen LogP contribution in [0.25, 0.3) is 33.2 Å². The minimum Gasteiger partial charge on any atom is -0.456 e. The molecule has 25 heavy (non-hydrogen) atoms. The quantitative estimate of drug-likeness (QED) is 0.436. The highest BCUT2D eigenvalue weighted by Crippen LogP contribution is 2.33. The minimum atomic E-state index is 0.857. The van der Waals surface area contributed by atoms with Crippen molar-refractivity contribution in [2.75, 3.05) is 0 Å². The van der Waals surface area contributed by atoms with Gasteiger partial charge in [0.05, 0.1) is 5.69 Å². The summed E-state index contributed by atoms with van der Waals surface area (Å²) in [5.41, 5.74) is 5.51. The Morgan fingerprint density at radius 2 is 1.72 bits per heavy atom. The summed E-state index contributed by atoms with van der Waals surface area (Å²) in [5.74, 6) is 0.857. The Morgan fingerprint density at radius 3 is 2.64 bits per heavy atom. The molecular weight excluding hydrogens is 306 g/mol. The predicted molar refractivity (Wildman–Crippen MR) is 103 cm³/mol. The van der Waals surface area contributed by atoms with E-state index in [2.05, 4.69) is 47.4 Å². The maximum absolute atomic E-state index is 5.94. The molecule has 0 unspecified atom stereocenters. The first-order valence-corrected chi connectivity index (χ1v) is 9.23. The van der Waals surface area contributed by atoms with E-state index in [1.54, 1.807) is 0 Å². The van der Waals surface area contributed by atoms with Crippen LogP contribution in [0, 0.1) is 5.92 Å². The summed E-state index contributed by atoms with van der Waals surface area (Å²) in [6.45, 7) is 0. The lowest BCUT2D eigenvalue weighted by Gasteiger charge is -2.10. The van der Waals surface area contributed by atoms with Crippen LogP contribution < -0.4 is 0 Å². The second kappa shape index (κ2) is 6.03. The highest BCUT2D eigenvalue weighted by atomic mass is 16.3. The number of para-hydroxylation sites is 1. The Morgan fingerprint density at radius 1 is 0.880 bits per heavy atom. The van der Waals surface area contributed by atoms with Crippen LogP contribution >= 0.6 is 0 Å².